The van der Waals surface area contributed by atoms with Crippen molar-refractivity contribution in [3.63, 3.8) is 0 Å². The topological polar surface area (TPSA) is 67.9 Å². The Balaban J connectivity index is 1.41. The zero-order valence-corrected chi connectivity index (χ0v) is 23.2. The van der Waals surface area contributed by atoms with Gasteiger partial charge in [0.15, 0.2) is 0 Å². The molecule has 2 amide bonds. The molecule has 3 aromatic rings. The lowest BCUT2D eigenvalue weighted by molar-refractivity contribution is -0.120. The second kappa shape index (κ2) is 12.0. The molecule has 0 spiro atoms. The van der Waals surface area contributed by atoms with Crippen LogP contribution in [0, 0.1) is 0 Å². The van der Waals surface area contributed by atoms with Crippen molar-refractivity contribution in [2.45, 2.75) is 13.3 Å². The fourth-order valence-corrected chi connectivity index (χ4v) is 5.22. The van der Waals surface area contributed by atoms with E-state index in [0.717, 1.165) is 55.1 Å². The van der Waals surface area contributed by atoms with Crippen molar-refractivity contribution in [1.82, 2.24) is 9.80 Å². The lowest BCUT2D eigenvalue weighted by Crippen LogP contribution is -2.49. The van der Waals surface area contributed by atoms with Gasteiger partial charge in [-0.2, -0.15) is 0 Å². The standard InChI is InChI=1S/C31H34ClN5O2/c1-3-15-37(28(38)21-36-18-16-35(2)17-19-36)25-12-10-24(11-13-25)33-30(22-7-5-4-6-8-22)29-26-14-9-23(32)20-27(26)34-31(29)39/h4-14,20,33H,3,15-19,21H2,1-2H3,(H,34,39)/b30-29-. The monoisotopic (exact) mass is 543 g/mol. The van der Waals surface area contributed by atoms with Crippen LogP contribution in [-0.2, 0) is 9.59 Å². The zero-order valence-electron chi connectivity index (χ0n) is 22.4. The third-order valence-corrected chi connectivity index (χ3v) is 7.43. The highest BCUT2D eigenvalue weighted by atomic mass is 35.5. The summed E-state index contributed by atoms with van der Waals surface area (Å²) < 4.78 is 0. The Morgan fingerprint density at radius 2 is 1.72 bits per heavy atom. The highest BCUT2D eigenvalue weighted by Gasteiger charge is 2.29. The van der Waals surface area contributed by atoms with E-state index in [1.54, 1.807) is 12.1 Å². The first-order valence-electron chi connectivity index (χ1n) is 13.4. The van der Waals surface area contributed by atoms with Crippen molar-refractivity contribution in [2.24, 2.45) is 0 Å². The molecule has 0 bridgehead atoms. The lowest BCUT2D eigenvalue weighted by Gasteiger charge is -2.33. The first-order valence-corrected chi connectivity index (χ1v) is 13.8. The van der Waals surface area contributed by atoms with Gasteiger partial charge in [0, 0.05) is 54.7 Å². The largest absolute Gasteiger partial charge is 0.354 e. The molecule has 0 radical (unpaired) electrons. The van der Waals surface area contributed by atoms with E-state index in [1.165, 1.54) is 0 Å². The van der Waals surface area contributed by atoms with Crippen LogP contribution in [0.2, 0.25) is 5.02 Å². The summed E-state index contributed by atoms with van der Waals surface area (Å²) in [6.07, 6.45) is 0.872. The van der Waals surface area contributed by atoms with E-state index in [-0.39, 0.29) is 11.8 Å². The van der Waals surface area contributed by atoms with Gasteiger partial charge in [-0.25, -0.2) is 0 Å². The van der Waals surface area contributed by atoms with E-state index < -0.39 is 0 Å². The summed E-state index contributed by atoms with van der Waals surface area (Å²) in [4.78, 5) is 32.8. The zero-order chi connectivity index (χ0) is 27.4. The third kappa shape index (κ3) is 6.17. The minimum atomic E-state index is -0.182. The van der Waals surface area contributed by atoms with Gasteiger partial charge in [0.2, 0.25) is 5.91 Å². The maximum absolute atomic E-state index is 13.3. The molecule has 3 aromatic carbocycles. The molecule has 0 aromatic heterocycles. The molecule has 8 heteroatoms. The number of amides is 2. The summed E-state index contributed by atoms with van der Waals surface area (Å²) in [5.41, 5.74) is 5.35. The quantitative estimate of drug-likeness (QED) is 0.379. The molecular weight excluding hydrogens is 510 g/mol. The van der Waals surface area contributed by atoms with Crippen LogP contribution in [0.4, 0.5) is 17.1 Å². The van der Waals surface area contributed by atoms with Crippen LogP contribution in [0.15, 0.2) is 72.8 Å². The number of benzene rings is 3. The molecule has 0 saturated carbocycles. The van der Waals surface area contributed by atoms with Crippen molar-refractivity contribution in [2.75, 3.05) is 61.8 Å². The molecule has 2 aliphatic rings. The van der Waals surface area contributed by atoms with E-state index in [1.807, 2.05) is 65.6 Å². The smallest absolute Gasteiger partial charge is 0.258 e. The Kier molecular flexibility index (Phi) is 8.31. The van der Waals surface area contributed by atoms with Crippen molar-refractivity contribution in [1.29, 1.82) is 0 Å². The minimum absolute atomic E-state index is 0.118. The minimum Gasteiger partial charge on any atom is -0.354 e. The molecule has 0 aliphatic carbocycles. The average Bonchev–Trinajstić information content (AvgIpc) is 3.27. The van der Waals surface area contributed by atoms with Gasteiger partial charge in [0.05, 0.1) is 23.5 Å². The third-order valence-electron chi connectivity index (χ3n) is 7.19. The Morgan fingerprint density at radius 1 is 1.00 bits per heavy atom. The molecular formula is C31H34ClN5O2. The fourth-order valence-electron chi connectivity index (χ4n) is 5.05. The molecule has 0 atom stereocenters. The summed E-state index contributed by atoms with van der Waals surface area (Å²) in [5, 5.41) is 7.00. The lowest BCUT2D eigenvalue weighted by atomic mass is 10.00. The van der Waals surface area contributed by atoms with Crippen molar-refractivity contribution in [3.05, 3.63) is 88.9 Å². The number of anilines is 3. The van der Waals surface area contributed by atoms with Crippen LogP contribution in [0.1, 0.15) is 24.5 Å². The van der Waals surface area contributed by atoms with Gasteiger partial charge < -0.3 is 20.4 Å². The van der Waals surface area contributed by atoms with Gasteiger partial charge in [0.25, 0.3) is 5.91 Å². The van der Waals surface area contributed by atoms with Crippen molar-refractivity contribution >= 4 is 51.7 Å². The Labute approximate surface area is 235 Å². The number of carbonyl (C=O) groups is 2. The van der Waals surface area contributed by atoms with Crippen LogP contribution >= 0.6 is 11.6 Å². The molecule has 202 valence electrons. The predicted molar refractivity (Wildman–Crippen MR) is 160 cm³/mol. The second-order valence-corrected chi connectivity index (χ2v) is 10.5. The van der Waals surface area contributed by atoms with Crippen molar-refractivity contribution in [3.8, 4) is 0 Å². The number of likely N-dealkylation sites (N-methyl/N-ethyl adjacent to an activating group) is 1. The van der Waals surface area contributed by atoms with E-state index in [9.17, 15) is 9.59 Å². The van der Waals surface area contributed by atoms with Crippen LogP contribution in [-0.4, -0.2) is 67.9 Å². The number of fused-ring (bicyclic) bond motifs is 1. The number of halogens is 1. The number of hydrogen-bond acceptors (Lipinski definition) is 5. The van der Waals surface area contributed by atoms with E-state index in [0.29, 0.717) is 35.1 Å². The number of piperazine rings is 1. The van der Waals surface area contributed by atoms with Crippen LogP contribution in [0.25, 0.3) is 11.3 Å². The molecule has 7 nitrogen and oxygen atoms in total. The number of carbonyl (C=O) groups excluding carboxylic acids is 2. The van der Waals surface area contributed by atoms with Crippen LogP contribution < -0.4 is 15.5 Å². The van der Waals surface area contributed by atoms with Gasteiger partial charge in [-0.3, -0.25) is 14.5 Å². The van der Waals surface area contributed by atoms with Gasteiger partial charge >= 0.3 is 0 Å². The summed E-state index contributed by atoms with van der Waals surface area (Å²) >= 11 is 6.17. The van der Waals surface area contributed by atoms with E-state index in [4.69, 9.17) is 11.6 Å². The fraction of sp³-hybridized carbons (Fsp3) is 0.290. The second-order valence-electron chi connectivity index (χ2n) is 10.1. The van der Waals surface area contributed by atoms with Crippen molar-refractivity contribution < 1.29 is 9.59 Å². The Hall–Kier alpha value is -3.65. The summed E-state index contributed by atoms with van der Waals surface area (Å²) in [5.74, 6) is -0.0639. The number of hydrogen-bond donors (Lipinski definition) is 2. The molecule has 2 heterocycles. The average molecular weight is 544 g/mol. The molecule has 1 fully saturated rings. The SMILES string of the molecule is CCCN(C(=O)CN1CCN(C)CC1)c1ccc(N/C(=C2\C(=O)Nc3cc(Cl)ccc32)c2ccccc2)cc1. The van der Waals surface area contributed by atoms with Gasteiger partial charge in [0.1, 0.15) is 0 Å². The van der Waals surface area contributed by atoms with Crippen LogP contribution in [0.3, 0.4) is 0 Å². The summed E-state index contributed by atoms with van der Waals surface area (Å²) in [7, 11) is 2.12. The Bertz CT molecular complexity index is 1370. The highest BCUT2D eigenvalue weighted by molar-refractivity contribution is 6.38. The number of rotatable bonds is 8. The normalized spacial score (nSPS) is 16.9. The molecule has 1 saturated heterocycles. The first-order chi connectivity index (χ1) is 18.9. The number of nitrogens with zero attached hydrogens (tertiary/aromatic N) is 3. The van der Waals surface area contributed by atoms with E-state index >= 15 is 0 Å². The van der Waals surface area contributed by atoms with Gasteiger partial charge in [-0.15, -0.1) is 0 Å². The molecule has 0 unspecified atom stereocenters. The Morgan fingerprint density at radius 3 is 2.41 bits per heavy atom. The maximum atomic E-state index is 13.3. The molecule has 2 N–H and O–H groups in total. The molecule has 5 rings (SSSR count). The molecule has 2 aliphatic heterocycles. The van der Waals surface area contributed by atoms with Gasteiger partial charge in [-0.05, 0) is 55.4 Å². The van der Waals surface area contributed by atoms with Crippen LogP contribution in [0.5, 0.6) is 0 Å². The maximum Gasteiger partial charge on any atom is 0.258 e. The summed E-state index contributed by atoms with van der Waals surface area (Å²) in [6, 6.07) is 23.1. The first kappa shape index (κ1) is 26.9. The molecule has 39 heavy (non-hydrogen) atoms. The number of nitrogens with one attached hydrogen (secondary N) is 2. The van der Waals surface area contributed by atoms with E-state index in [2.05, 4.69) is 34.4 Å². The highest BCUT2D eigenvalue weighted by Crippen LogP contribution is 2.38. The summed E-state index contributed by atoms with van der Waals surface area (Å²) in [6.45, 7) is 6.96. The van der Waals surface area contributed by atoms with Gasteiger partial charge in [-0.1, -0.05) is 54.9 Å². The predicted octanol–water partition coefficient (Wildman–Crippen LogP) is 5.26.